The highest BCUT2D eigenvalue weighted by Gasteiger charge is 2.45. The SMILES string of the molecule is C=C1NC2=C(C(=O)CC(c3ccccc3)C2)C(c2ccc(OC)cc2OC)C1C(=O)Nc1ccc(Br)cn1. The number of methoxy groups -OCH3 is 2. The third kappa shape index (κ3) is 4.96. The molecule has 0 fully saturated rings. The van der Waals surface area contributed by atoms with Gasteiger partial charge < -0.3 is 20.1 Å². The van der Waals surface area contributed by atoms with Crippen molar-refractivity contribution in [1.29, 1.82) is 0 Å². The minimum Gasteiger partial charge on any atom is -0.497 e. The van der Waals surface area contributed by atoms with Crippen LogP contribution in [0.15, 0.2) is 94.9 Å². The van der Waals surface area contributed by atoms with E-state index >= 15 is 0 Å². The Morgan fingerprint density at radius 1 is 1.08 bits per heavy atom. The van der Waals surface area contributed by atoms with Gasteiger partial charge in [-0.3, -0.25) is 9.59 Å². The van der Waals surface area contributed by atoms with Gasteiger partial charge in [0.05, 0.1) is 20.1 Å². The van der Waals surface area contributed by atoms with E-state index < -0.39 is 11.8 Å². The van der Waals surface area contributed by atoms with E-state index in [4.69, 9.17) is 9.47 Å². The zero-order valence-electron chi connectivity index (χ0n) is 21.2. The van der Waals surface area contributed by atoms with Crippen LogP contribution in [0.1, 0.15) is 35.8 Å². The first-order valence-electron chi connectivity index (χ1n) is 12.3. The minimum atomic E-state index is -0.779. The number of aromatic nitrogens is 1. The van der Waals surface area contributed by atoms with Gasteiger partial charge in [-0.2, -0.15) is 0 Å². The fourth-order valence-electron chi connectivity index (χ4n) is 5.38. The molecular weight excluding hydrogens is 546 g/mol. The lowest BCUT2D eigenvalue weighted by molar-refractivity contribution is -0.120. The monoisotopic (exact) mass is 573 g/mol. The second-order valence-corrected chi connectivity index (χ2v) is 10.3. The van der Waals surface area contributed by atoms with E-state index in [-0.39, 0.29) is 17.6 Å². The Hall–Kier alpha value is -3.91. The lowest BCUT2D eigenvalue weighted by Crippen LogP contribution is -2.43. The van der Waals surface area contributed by atoms with Crippen molar-refractivity contribution in [2.45, 2.75) is 24.7 Å². The quantitative estimate of drug-likeness (QED) is 0.392. The lowest BCUT2D eigenvalue weighted by atomic mass is 9.68. The number of amides is 1. The second-order valence-electron chi connectivity index (χ2n) is 9.40. The maximum absolute atomic E-state index is 13.8. The molecule has 5 rings (SSSR count). The predicted molar refractivity (Wildman–Crippen MR) is 149 cm³/mol. The summed E-state index contributed by atoms with van der Waals surface area (Å²) in [7, 11) is 3.15. The van der Waals surface area contributed by atoms with E-state index in [9.17, 15) is 9.59 Å². The fraction of sp³-hybridized carbons (Fsp3) is 0.233. The molecule has 1 aliphatic heterocycles. The van der Waals surface area contributed by atoms with Crippen LogP contribution in [0.5, 0.6) is 11.5 Å². The smallest absolute Gasteiger partial charge is 0.235 e. The summed E-state index contributed by atoms with van der Waals surface area (Å²) in [4.78, 5) is 31.9. The number of Topliss-reactive ketones (excluding diaryl/α,β-unsaturated/α-hetero) is 1. The van der Waals surface area contributed by atoms with Crippen molar-refractivity contribution in [3.05, 3.63) is 106 Å². The van der Waals surface area contributed by atoms with Crippen molar-refractivity contribution in [2.24, 2.45) is 5.92 Å². The van der Waals surface area contributed by atoms with E-state index in [1.807, 2.05) is 42.5 Å². The molecule has 3 atom stereocenters. The Labute approximate surface area is 230 Å². The molecule has 38 heavy (non-hydrogen) atoms. The molecule has 2 heterocycles. The first kappa shape index (κ1) is 25.7. The van der Waals surface area contributed by atoms with Crippen LogP contribution in [0.25, 0.3) is 0 Å². The van der Waals surface area contributed by atoms with E-state index in [0.717, 1.165) is 21.3 Å². The largest absolute Gasteiger partial charge is 0.497 e. The molecule has 1 amide bonds. The van der Waals surface area contributed by atoms with E-state index in [2.05, 4.69) is 38.1 Å². The molecule has 7 nitrogen and oxygen atoms in total. The number of ether oxygens (including phenoxy) is 2. The third-order valence-corrected chi connectivity index (χ3v) is 7.62. The van der Waals surface area contributed by atoms with Gasteiger partial charge >= 0.3 is 0 Å². The van der Waals surface area contributed by atoms with Crippen LogP contribution in [0.3, 0.4) is 0 Å². The summed E-state index contributed by atoms with van der Waals surface area (Å²) in [6, 6.07) is 19.0. The number of carbonyl (C=O) groups excluding carboxylic acids is 2. The van der Waals surface area contributed by atoms with Gasteiger partial charge in [-0.25, -0.2) is 4.98 Å². The van der Waals surface area contributed by atoms with Gasteiger partial charge in [0.2, 0.25) is 5.91 Å². The number of hydrogen-bond acceptors (Lipinski definition) is 6. The number of nitrogens with zero attached hydrogens (tertiary/aromatic N) is 1. The van der Waals surface area contributed by atoms with Gasteiger partial charge in [-0.05, 0) is 52.0 Å². The van der Waals surface area contributed by atoms with Gasteiger partial charge in [-0.1, -0.05) is 43.0 Å². The number of benzene rings is 2. The van der Waals surface area contributed by atoms with Crippen LogP contribution in [-0.2, 0) is 9.59 Å². The summed E-state index contributed by atoms with van der Waals surface area (Å²) in [5.74, 6) is -0.0886. The Bertz CT molecular complexity index is 1420. The highest BCUT2D eigenvalue weighted by atomic mass is 79.9. The molecule has 194 valence electrons. The van der Waals surface area contributed by atoms with Crippen molar-refractivity contribution in [3.8, 4) is 11.5 Å². The van der Waals surface area contributed by atoms with Gasteiger partial charge in [0.25, 0.3) is 0 Å². The Morgan fingerprint density at radius 2 is 1.87 bits per heavy atom. The van der Waals surface area contributed by atoms with Gasteiger partial charge in [0, 0.05) is 51.6 Å². The number of hydrogen-bond donors (Lipinski definition) is 2. The molecule has 8 heteroatoms. The van der Waals surface area contributed by atoms with E-state index in [1.165, 1.54) is 0 Å². The fourth-order valence-corrected chi connectivity index (χ4v) is 5.62. The van der Waals surface area contributed by atoms with Gasteiger partial charge in [0.1, 0.15) is 17.3 Å². The molecule has 0 bridgehead atoms. The lowest BCUT2D eigenvalue weighted by Gasteiger charge is -2.40. The van der Waals surface area contributed by atoms with Crippen molar-refractivity contribution < 1.29 is 19.1 Å². The molecule has 0 spiro atoms. The zero-order valence-corrected chi connectivity index (χ0v) is 22.7. The maximum atomic E-state index is 13.8. The molecular formula is C30H28BrN3O4. The number of rotatable bonds is 6. The van der Waals surface area contributed by atoms with Crippen LogP contribution in [0.2, 0.25) is 0 Å². The molecule has 2 aliphatic rings. The highest BCUT2D eigenvalue weighted by molar-refractivity contribution is 9.10. The Kier molecular flexibility index (Phi) is 7.33. The number of pyridine rings is 1. The van der Waals surface area contributed by atoms with E-state index in [1.54, 1.807) is 38.6 Å². The minimum absolute atomic E-state index is 0.00235. The highest BCUT2D eigenvalue weighted by Crippen LogP contribution is 2.49. The first-order valence-corrected chi connectivity index (χ1v) is 13.1. The van der Waals surface area contributed by atoms with Crippen molar-refractivity contribution >= 4 is 33.4 Å². The summed E-state index contributed by atoms with van der Waals surface area (Å²) in [5.41, 5.74) is 3.74. The maximum Gasteiger partial charge on any atom is 0.235 e. The normalized spacial score (nSPS) is 20.9. The summed E-state index contributed by atoms with van der Waals surface area (Å²) < 4.78 is 11.9. The summed E-state index contributed by atoms with van der Waals surface area (Å²) in [6.45, 7) is 4.24. The molecule has 1 aliphatic carbocycles. The number of carbonyl (C=O) groups is 2. The molecule has 0 saturated heterocycles. The molecule has 0 saturated carbocycles. The van der Waals surface area contributed by atoms with Gasteiger partial charge in [-0.15, -0.1) is 0 Å². The molecule has 3 aromatic rings. The van der Waals surface area contributed by atoms with Gasteiger partial charge in [0.15, 0.2) is 5.78 Å². The topological polar surface area (TPSA) is 89.5 Å². The van der Waals surface area contributed by atoms with Crippen LogP contribution >= 0.6 is 15.9 Å². The first-order chi connectivity index (χ1) is 18.4. The number of halogens is 1. The number of nitrogens with one attached hydrogen (secondary N) is 2. The average Bonchev–Trinajstić information content (AvgIpc) is 2.93. The Balaban J connectivity index is 1.60. The van der Waals surface area contributed by atoms with Crippen LogP contribution in [0, 0.1) is 5.92 Å². The molecule has 2 aromatic carbocycles. The molecule has 2 N–H and O–H groups in total. The average molecular weight is 574 g/mol. The number of allylic oxidation sites excluding steroid dienone is 2. The van der Waals surface area contributed by atoms with Crippen LogP contribution in [-0.4, -0.2) is 30.9 Å². The van der Waals surface area contributed by atoms with Crippen LogP contribution in [0.4, 0.5) is 5.82 Å². The molecule has 3 unspecified atom stereocenters. The van der Waals surface area contributed by atoms with Crippen LogP contribution < -0.4 is 20.1 Å². The summed E-state index contributed by atoms with van der Waals surface area (Å²) in [5, 5.41) is 6.25. The van der Waals surface area contributed by atoms with Crippen molar-refractivity contribution in [2.75, 3.05) is 19.5 Å². The Morgan fingerprint density at radius 3 is 2.55 bits per heavy atom. The molecule has 1 aromatic heterocycles. The molecule has 0 radical (unpaired) electrons. The predicted octanol–water partition coefficient (Wildman–Crippen LogP) is 5.72. The standard InChI is InChI=1S/C30H28BrN3O4/c1-17-27(30(36)34-26-12-9-20(31)16-32-26)28(22-11-10-21(37-2)15-25(22)38-3)29-23(33-17)13-19(14-24(29)35)18-7-5-4-6-8-18/h4-12,15-16,19,27-28,33H,1,13-14H2,2-3H3,(H,32,34,36). The third-order valence-electron chi connectivity index (χ3n) is 7.15. The zero-order chi connectivity index (χ0) is 26.8. The van der Waals surface area contributed by atoms with Crippen molar-refractivity contribution in [1.82, 2.24) is 10.3 Å². The number of ketones is 1. The van der Waals surface area contributed by atoms with Crippen molar-refractivity contribution in [3.63, 3.8) is 0 Å². The second kappa shape index (κ2) is 10.8. The summed E-state index contributed by atoms with van der Waals surface area (Å²) >= 11 is 3.36. The number of anilines is 1. The summed E-state index contributed by atoms with van der Waals surface area (Å²) in [6.07, 6.45) is 2.61. The van der Waals surface area contributed by atoms with E-state index in [0.29, 0.717) is 41.4 Å².